The number of carbonyl (C=O) groups is 1. The summed E-state index contributed by atoms with van der Waals surface area (Å²) >= 11 is 11.8. The Morgan fingerprint density at radius 3 is 2.00 bits per heavy atom. The number of hydrogen-bond acceptors (Lipinski definition) is 2. The minimum atomic E-state index is -4.75. The molecule has 0 unspecified atom stereocenters. The molecule has 3 aromatic carbocycles. The fraction of sp³-hybridized carbons (Fsp3) is 0.0400. The Morgan fingerprint density at radius 1 is 0.848 bits per heavy atom. The van der Waals surface area contributed by atoms with Crippen molar-refractivity contribution < 1.29 is 18.0 Å². The van der Waals surface area contributed by atoms with Crippen LogP contribution in [0, 0.1) is 0 Å². The SMILES string of the molecule is O=C(/C=C/c1c(C(F)(F)F)nn(-c2ccccc2)c1-c1ccc(Cl)cc1)c1ccc(Cl)cc1. The molecule has 8 heteroatoms. The molecule has 1 aromatic heterocycles. The summed E-state index contributed by atoms with van der Waals surface area (Å²) in [5.41, 5.74) is 0.0620. The van der Waals surface area contributed by atoms with E-state index < -0.39 is 17.7 Å². The van der Waals surface area contributed by atoms with E-state index in [-0.39, 0.29) is 11.3 Å². The monoisotopic (exact) mass is 486 g/mol. The Kier molecular flexibility index (Phi) is 6.40. The van der Waals surface area contributed by atoms with Crippen LogP contribution in [0.2, 0.25) is 10.0 Å². The normalized spacial score (nSPS) is 11.8. The lowest BCUT2D eigenvalue weighted by atomic mass is 10.0. The molecular weight excluding hydrogens is 472 g/mol. The number of carbonyl (C=O) groups excluding carboxylic acids is 1. The minimum absolute atomic E-state index is 0.186. The second kappa shape index (κ2) is 9.25. The van der Waals surface area contributed by atoms with Gasteiger partial charge in [0.1, 0.15) is 0 Å². The molecule has 0 amide bonds. The van der Waals surface area contributed by atoms with Crippen molar-refractivity contribution >= 4 is 35.1 Å². The average molecular weight is 487 g/mol. The summed E-state index contributed by atoms with van der Waals surface area (Å²) in [4.78, 5) is 12.6. The highest BCUT2D eigenvalue weighted by molar-refractivity contribution is 6.31. The van der Waals surface area contributed by atoms with Gasteiger partial charge in [0.25, 0.3) is 0 Å². The number of ketones is 1. The lowest BCUT2D eigenvalue weighted by Gasteiger charge is -2.09. The number of halogens is 5. The van der Waals surface area contributed by atoms with E-state index in [2.05, 4.69) is 5.10 Å². The van der Waals surface area contributed by atoms with E-state index in [4.69, 9.17) is 23.2 Å². The Morgan fingerprint density at radius 2 is 1.42 bits per heavy atom. The molecule has 0 atom stereocenters. The molecule has 166 valence electrons. The number of rotatable bonds is 5. The Bertz CT molecular complexity index is 1310. The molecule has 33 heavy (non-hydrogen) atoms. The van der Waals surface area contributed by atoms with Gasteiger partial charge < -0.3 is 0 Å². The van der Waals surface area contributed by atoms with Crippen molar-refractivity contribution in [2.75, 3.05) is 0 Å². The smallest absolute Gasteiger partial charge is 0.289 e. The molecule has 4 rings (SSSR count). The van der Waals surface area contributed by atoms with Crippen molar-refractivity contribution in [2.45, 2.75) is 6.18 Å². The molecule has 0 bridgehead atoms. The molecular formula is C25H15Cl2F3N2O. The van der Waals surface area contributed by atoms with E-state index in [1.54, 1.807) is 54.6 Å². The molecule has 0 saturated heterocycles. The number of benzene rings is 3. The maximum atomic E-state index is 14.0. The first-order valence-electron chi connectivity index (χ1n) is 9.73. The number of hydrogen-bond donors (Lipinski definition) is 0. The first kappa shape index (κ1) is 22.8. The first-order chi connectivity index (χ1) is 15.7. The maximum absolute atomic E-state index is 14.0. The quantitative estimate of drug-likeness (QED) is 0.213. The molecule has 0 saturated carbocycles. The lowest BCUT2D eigenvalue weighted by molar-refractivity contribution is -0.141. The van der Waals surface area contributed by atoms with E-state index in [1.165, 1.54) is 28.9 Å². The van der Waals surface area contributed by atoms with Gasteiger partial charge in [-0.2, -0.15) is 18.3 Å². The lowest BCUT2D eigenvalue weighted by Crippen LogP contribution is -2.08. The first-order valence-corrected chi connectivity index (χ1v) is 10.5. The van der Waals surface area contributed by atoms with Crippen LogP contribution in [0.25, 0.3) is 23.0 Å². The molecule has 3 nitrogen and oxygen atoms in total. The number of aromatic nitrogens is 2. The summed E-state index contributed by atoms with van der Waals surface area (Å²) in [5, 5.41) is 4.78. The van der Waals surface area contributed by atoms with Gasteiger partial charge in [-0.3, -0.25) is 4.79 Å². The maximum Gasteiger partial charge on any atom is 0.435 e. The average Bonchev–Trinajstić information content (AvgIpc) is 3.19. The third-order valence-corrected chi connectivity index (χ3v) is 5.34. The van der Waals surface area contributed by atoms with Crippen molar-refractivity contribution in [1.29, 1.82) is 0 Å². The van der Waals surface area contributed by atoms with Crippen LogP contribution >= 0.6 is 23.2 Å². The van der Waals surface area contributed by atoms with Crippen LogP contribution in [0.4, 0.5) is 13.2 Å². The van der Waals surface area contributed by atoms with E-state index in [0.29, 0.717) is 26.9 Å². The summed E-state index contributed by atoms with van der Waals surface area (Å²) in [6.07, 6.45) is -2.50. The second-order valence-corrected chi connectivity index (χ2v) is 7.94. The van der Waals surface area contributed by atoms with Crippen molar-refractivity contribution in [2.24, 2.45) is 0 Å². The van der Waals surface area contributed by atoms with Gasteiger partial charge in [-0.25, -0.2) is 4.68 Å². The molecule has 0 aliphatic carbocycles. The zero-order valence-electron chi connectivity index (χ0n) is 16.9. The standard InChI is InChI=1S/C25H15Cl2F3N2O/c26-18-10-6-16(7-11-18)22(33)15-14-21-23(17-8-12-19(27)13-9-17)32(20-4-2-1-3-5-20)31-24(21)25(28,29)30/h1-15H/b15-14+. The summed E-state index contributed by atoms with van der Waals surface area (Å²) in [7, 11) is 0. The Hall–Kier alpha value is -3.35. The van der Waals surface area contributed by atoms with Crippen molar-refractivity contribution in [3.05, 3.63) is 112 Å². The van der Waals surface area contributed by atoms with Gasteiger partial charge in [-0.05, 0) is 60.7 Å². The van der Waals surface area contributed by atoms with E-state index in [1.807, 2.05) is 0 Å². The van der Waals surface area contributed by atoms with Gasteiger partial charge in [-0.15, -0.1) is 0 Å². The fourth-order valence-corrected chi connectivity index (χ4v) is 3.56. The zero-order valence-corrected chi connectivity index (χ0v) is 18.4. The summed E-state index contributed by atoms with van der Waals surface area (Å²) < 4.78 is 43.2. The van der Waals surface area contributed by atoms with Gasteiger partial charge in [0.15, 0.2) is 11.5 Å². The molecule has 0 spiro atoms. The minimum Gasteiger partial charge on any atom is -0.289 e. The van der Waals surface area contributed by atoms with Crippen LogP contribution in [0.15, 0.2) is 84.9 Å². The van der Waals surface area contributed by atoms with Crippen LogP contribution in [0.1, 0.15) is 21.6 Å². The highest BCUT2D eigenvalue weighted by atomic mass is 35.5. The summed E-state index contributed by atoms with van der Waals surface area (Å²) in [6, 6.07) is 20.9. The van der Waals surface area contributed by atoms with Crippen LogP contribution in [-0.2, 0) is 6.18 Å². The van der Waals surface area contributed by atoms with Crippen molar-refractivity contribution in [3.63, 3.8) is 0 Å². The van der Waals surface area contributed by atoms with Crippen LogP contribution < -0.4 is 0 Å². The third-order valence-electron chi connectivity index (χ3n) is 4.84. The highest BCUT2D eigenvalue weighted by Gasteiger charge is 2.39. The molecule has 0 aliphatic rings. The third kappa shape index (κ3) is 5.02. The van der Waals surface area contributed by atoms with Gasteiger partial charge in [-0.1, -0.05) is 53.5 Å². The number of para-hydroxylation sites is 1. The van der Waals surface area contributed by atoms with Crippen LogP contribution in [0.5, 0.6) is 0 Å². The van der Waals surface area contributed by atoms with Crippen molar-refractivity contribution in [1.82, 2.24) is 9.78 Å². The summed E-state index contributed by atoms with van der Waals surface area (Å²) in [6.45, 7) is 0. The van der Waals surface area contributed by atoms with E-state index in [0.717, 1.165) is 12.2 Å². The molecule has 0 fully saturated rings. The predicted octanol–water partition coefficient (Wildman–Crippen LogP) is 7.76. The molecule has 0 aliphatic heterocycles. The molecule has 4 aromatic rings. The highest BCUT2D eigenvalue weighted by Crippen LogP contribution is 2.39. The Labute approximate surface area is 197 Å². The van der Waals surface area contributed by atoms with Crippen molar-refractivity contribution in [3.8, 4) is 16.9 Å². The Balaban J connectivity index is 1.91. The van der Waals surface area contributed by atoms with Crippen LogP contribution in [0.3, 0.4) is 0 Å². The molecule has 1 heterocycles. The largest absolute Gasteiger partial charge is 0.435 e. The fourth-order valence-electron chi connectivity index (χ4n) is 3.31. The molecule has 0 N–H and O–H groups in total. The molecule has 0 radical (unpaired) electrons. The number of nitrogens with zero attached hydrogens (tertiary/aromatic N) is 2. The zero-order chi connectivity index (χ0) is 23.6. The number of alkyl halides is 3. The van der Waals surface area contributed by atoms with Gasteiger partial charge in [0, 0.05) is 26.7 Å². The summed E-state index contributed by atoms with van der Waals surface area (Å²) in [5.74, 6) is -0.464. The topological polar surface area (TPSA) is 34.9 Å². The number of allylic oxidation sites excluding steroid dienone is 1. The van der Waals surface area contributed by atoms with E-state index >= 15 is 0 Å². The van der Waals surface area contributed by atoms with Crippen LogP contribution in [-0.4, -0.2) is 15.6 Å². The van der Waals surface area contributed by atoms with Gasteiger partial charge >= 0.3 is 6.18 Å². The predicted molar refractivity (Wildman–Crippen MR) is 124 cm³/mol. The van der Waals surface area contributed by atoms with Gasteiger partial charge in [0.2, 0.25) is 0 Å². The second-order valence-electron chi connectivity index (χ2n) is 7.07. The van der Waals surface area contributed by atoms with E-state index in [9.17, 15) is 18.0 Å². The van der Waals surface area contributed by atoms with Gasteiger partial charge in [0.05, 0.1) is 11.4 Å².